The van der Waals surface area contributed by atoms with Crippen LogP contribution < -0.4 is 4.72 Å². The van der Waals surface area contributed by atoms with Crippen molar-refractivity contribution in [3.8, 4) is 6.07 Å². The zero-order valence-corrected chi connectivity index (χ0v) is 9.18. The molecular weight excluding hydrogens is 200 g/mol. The van der Waals surface area contributed by atoms with Crippen LogP contribution in [0.15, 0.2) is 0 Å². The Kier molecular flexibility index (Phi) is 3.90. The number of nitriles is 1. The third-order valence-corrected chi connectivity index (χ3v) is 3.77. The van der Waals surface area contributed by atoms with Gasteiger partial charge in [0.1, 0.15) is 0 Å². The Morgan fingerprint density at radius 3 is 2.71 bits per heavy atom. The highest BCUT2D eigenvalue weighted by Gasteiger charge is 2.22. The Hall–Kier alpha value is -0.600. The second-order valence-corrected chi connectivity index (χ2v) is 5.86. The van der Waals surface area contributed by atoms with Gasteiger partial charge in [0.2, 0.25) is 10.0 Å². The van der Waals surface area contributed by atoms with Crippen molar-refractivity contribution in [2.24, 2.45) is 11.8 Å². The highest BCUT2D eigenvalue weighted by Crippen LogP contribution is 2.29. The lowest BCUT2D eigenvalue weighted by molar-refractivity contribution is 0.499. The van der Waals surface area contributed by atoms with E-state index in [1.165, 1.54) is 6.42 Å². The first-order valence-corrected chi connectivity index (χ1v) is 6.53. The molecule has 0 radical (unpaired) electrons. The monoisotopic (exact) mass is 216 g/mol. The summed E-state index contributed by atoms with van der Waals surface area (Å²) in [7, 11) is -3.35. The van der Waals surface area contributed by atoms with Crippen molar-refractivity contribution in [1.29, 1.82) is 5.26 Å². The number of sulfonamides is 1. The summed E-state index contributed by atoms with van der Waals surface area (Å²) in [5, 5.41) is 8.27. The van der Waals surface area contributed by atoms with Gasteiger partial charge in [-0.25, -0.2) is 13.1 Å². The SMILES string of the molecule is CC1CCC(CNS(=O)(=O)CC#N)C1. The molecule has 0 bridgehead atoms. The summed E-state index contributed by atoms with van der Waals surface area (Å²) in [5.41, 5.74) is 0. The lowest BCUT2D eigenvalue weighted by atomic mass is 10.1. The molecular formula is C9H16N2O2S. The number of nitrogens with zero attached hydrogens (tertiary/aromatic N) is 1. The molecule has 1 rings (SSSR count). The van der Waals surface area contributed by atoms with E-state index >= 15 is 0 Å². The first-order valence-electron chi connectivity index (χ1n) is 4.88. The van der Waals surface area contributed by atoms with Gasteiger partial charge in [-0.3, -0.25) is 0 Å². The molecule has 0 aromatic rings. The molecule has 0 heterocycles. The molecule has 0 spiro atoms. The molecule has 0 aromatic heterocycles. The van der Waals surface area contributed by atoms with Crippen LogP contribution in [0.25, 0.3) is 0 Å². The van der Waals surface area contributed by atoms with Gasteiger partial charge in [-0.15, -0.1) is 0 Å². The molecule has 0 aromatic carbocycles. The maximum absolute atomic E-state index is 11.1. The van der Waals surface area contributed by atoms with Crippen molar-refractivity contribution >= 4 is 10.0 Å². The largest absolute Gasteiger partial charge is 0.225 e. The van der Waals surface area contributed by atoms with Crippen LogP contribution in [-0.4, -0.2) is 20.7 Å². The van der Waals surface area contributed by atoms with Crippen molar-refractivity contribution in [2.75, 3.05) is 12.3 Å². The number of nitrogens with one attached hydrogen (secondary N) is 1. The van der Waals surface area contributed by atoms with Crippen LogP contribution >= 0.6 is 0 Å². The smallest absolute Gasteiger partial charge is 0.214 e. The molecule has 0 saturated heterocycles. The fraction of sp³-hybridized carbons (Fsp3) is 0.889. The Morgan fingerprint density at radius 1 is 1.50 bits per heavy atom. The Balaban J connectivity index is 2.31. The quantitative estimate of drug-likeness (QED) is 0.758. The Bertz CT molecular complexity index is 318. The standard InChI is InChI=1S/C9H16N2O2S/c1-8-2-3-9(6-8)7-11-14(12,13)5-4-10/h8-9,11H,2-3,5-7H2,1H3. The summed E-state index contributed by atoms with van der Waals surface area (Å²) in [6.07, 6.45) is 3.37. The van der Waals surface area contributed by atoms with E-state index in [1.54, 1.807) is 6.07 Å². The molecule has 1 aliphatic rings. The van der Waals surface area contributed by atoms with Gasteiger partial charge in [-0.1, -0.05) is 13.3 Å². The van der Waals surface area contributed by atoms with Crippen molar-refractivity contribution in [1.82, 2.24) is 4.72 Å². The first-order chi connectivity index (χ1) is 6.53. The Labute approximate surface area is 85.4 Å². The Morgan fingerprint density at radius 2 is 2.21 bits per heavy atom. The van der Waals surface area contributed by atoms with Gasteiger partial charge >= 0.3 is 0 Å². The molecule has 0 aliphatic heterocycles. The van der Waals surface area contributed by atoms with Gasteiger partial charge in [-0.2, -0.15) is 5.26 Å². The van der Waals surface area contributed by atoms with E-state index in [4.69, 9.17) is 5.26 Å². The predicted octanol–water partition coefficient (Wildman–Crippen LogP) is 0.866. The summed E-state index contributed by atoms with van der Waals surface area (Å²) in [5.74, 6) is 0.730. The van der Waals surface area contributed by atoms with E-state index in [2.05, 4.69) is 11.6 Å². The van der Waals surface area contributed by atoms with Crippen LogP contribution in [0.2, 0.25) is 0 Å². The maximum Gasteiger partial charge on any atom is 0.225 e. The molecule has 0 amide bonds. The zero-order chi connectivity index (χ0) is 10.6. The van der Waals surface area contributed by atoms with Crippen molar-refractivity contribution in [3.63, 3.8) is 0 Å². The molecule has 1 saturated carbocycles. The van der Waals surface area contributed by atoms with Crippen molar-refractivity contribution in [2.45, 2.75) is 26.2 Å². The summed E-state index contributed by atoms with van der Waals surface area (Å²) in [6.45, 7) is 2.68. The lowest BCUT2D eigenvalue weighted by Gasteiger charge is -2.09. The molecule has 1 fully saturated rings. The number of hydrogen-bond acceptors (Lipinski definition) is 3. The highest BCUT2D eigenvalue weighted by atomic mass is 32.2. The summed E-state index contributed by atoms with van der Waals surface area (Å²) < 4.78 is 24.7. The minimum Gasteiger partial charge on any atom is -0.214 e. The summed E-state index contributed by atoms with van der Waals surface area (Å²) >= 11 is 0. The highest BCUT2D eigenvalue weighted by molar-refractivity contribution is 7.89. The molecule has 1 N–H and O–H groups in total. The summed E-state index contributed by atoms with van der Waals surface area (Å²) in [6, 6.07) is 1.64. The molecule has 14 heavy (non-hydrogen) atoms. The molecule has 5 heteroatoms. The van der Waals surface area contributed by atoms with Gasteiger partial charge in [0.15, 0.2) is 5.75 Å². The van der Waals surface area contributed by atoms with Gasteiger partial charge < -0.3 is 0 Å². The first kappa shape index (κ1) is 11.5. The van der Waals surface area contributed by atoms with Crippen LogP contribution in [0.1, 0.15) is 26.2 Å². The molecule has 4 nitrogen and oxygen atoms in total. The normalized spacial score (nSPS) is 27.4. The van der Waals surface area contributed by atoms with E-state index in [9.17, 15) is 8.42 Å². The average molecular weight is 216 g/mol. The third-order valence-electron chi connectivity index (χ3n) is 2.65. The average Bonchev–Trinajstić information content (AvgIpc) is 2.48. The van der Waals surface area contributed by atoms with Crippen LogP contribution in [-0.2, 0) is 10.0 Å². The van der Waals surface area contributed by atoms with Gasteiger partial charge in [-0.05, 0) is 24.7 Å². The van der Waals surface area contributed by atoms with Gasteiger partial charge in [0.05, 0.1) is 6.07 Å². The van der Waals surface area contributed by atoms with Gasteiger partial charge in [0.25, 0.3) is 0 Å². The van der Waals surface area contributed by atoms with Crippen molar-refractivity contribution < 1.29 is 8.42 Å². The second kappa shape index (κ2) is 4.76. The van der Waals surface area contributed by atoms with E-state index < -0.39 is 15.8 Å². The fourth-order valence-electron chi connectivity index (χ4n) is 1.89. The van der Waals surface area contributed by atoms with Crippen molar-refractivity contribution in [3.05, 3.63) is 0 Å². The lowest BCUT2D eigenvalue weighted by Crippen LogP contribution is -2.30. The van der Waals surface area contributed by atoms with E-state index in [0.717, 1.165) is 12.8 Å². The molecule has 1 aliphatic carbocycles. The molecule has 80 valence electrons. The minimum absolute atomic E-state index is 0.435. The summed E-state index contributed by atoms with van der Waals surface area (Å²) in [4.78, 5) is 0. The van der Waals surface area contributed by atoms with Crippen LogP contribution in [0.3, 0.4) is 0 Å². The fourth-order valence-corrected chi connectivity index (χ4v) is 2.65. The maximum atomic E-state index is 11.1. The third kappa shape index (κ3) is 3.64. The number of rotatable bonds is 4. The topological polar surface area (TPSA) is 70.0 Å². The van der Waals surface area contributed by atoms with E-state index in [-0.39, 0.29) is 0 Å². The predicted molar refractivity (Wildman–Crippen MR) is 53.9 cm³/mol. The van der Waals surface area contributed by atoms with Crippen LogP contribution in [0.5, 0.6) is 0 Å². The molecule has 2 unspecified atom stereocenters. The minimum atomic E-state index is -3.35. The zero-order valence-electron chi connectivity index (χ0n) is 8.36. The van der Waals surface area contributed by atoms with E-state index in [1.807, 2.05) is 0 Å². The second-order valence-electron chi connectivity index (χ2n) is 4.05. The van der Waals surface area contributed by atoms with Crippen LogP contribution in [0.4, 0.5) is 0 Å². The van der Waals surface area contributed by atoms with Crippen LogP contribution in [0, 0.1) is 23.2 Å². The molecule has 2 atom stereocenters. The number of hydrogen-bond donors (Lipinski definition) is 1. The van der Waals surface area contributed by atoms with Gasteiger partial charge in [0, 0.05) is 6.54 Å². The van der Waals surface area contributed by atoms with E-state index in [0.29, 0.717) is 18.4 Å².